The van der Waals surface area contributed by atoms with E-state index < -0.39 is 11.6 Å². The molecule has 2 N–H and O–H groups in total. The lowest BCUT2D eigenvalue weighted by molar-refractivity contribution is -0.116. The molecule has 1 fully saturated rings. The predicted molar refractivity (Wildman–Crippen MR) is 104 cm³/mol. The Morgan fingerprint density at radius 3 is 2.69 bits per heavy atom. The monoisotopic (exact) mass is 398 g/mol. The van der Waals surface area contributed by atoms with Gasteiger partial charge in [-0.3, -0.25) is 9.89 Å². The third-order valence-corrected chi connectivity index (χ3v) is 4.59. The summed E-state index contributed by atoms with van der Waals surface area (Å²) in [5.41, 5.74) is 1.54. The number of benzene rings is 2. The van der Waals surface area contributed by atoms with Gasteiger partial charge in [-0.25, -0.2) is 13.8 Å². The van der Waals surface area contributed by atoms with E-state index in [1.54, 1.807) is 12.1 Å². The molecule has 0 atom stereocenters. The lowest BCUT2D eigenvalue weighted by Crippen LogP contribution is -2.13. The number of H-pyrrole nitrogens is 1. The fourth-order valence-electron chi connectivity index (χ4n) is 2.88. The first-order chi connectivity index (χ1) is 14.1. The largest absolute Gasteiger partial charge is 0.491 e. The maximum absolute atomic E-state index is 13.5. The molecule has 0 aliphatic heterocycles. The molecule has 1 amide bonds. The van der Waals surface area contributed by atoms with Crippen molar-refractivity contribution in [2.24, 2.45) is 0 Å². The van der Waals surface area contributed by atoms with Crippen molar-refractivity contribution in [2.75, 3.05) is 11.9 Å². The van der Waals surface area contributed by atoms with E-state index in [0.29, 0.717) is 23.9 Å². The van der Waals surface area contributed by atoms with Gasteiger partial charge in [0.05, 0.1) is 6.61 Å². The van der Waals surface area contributed by atoms with Crippen molar-refractivity contribution < 1.29 is 18.3 Å². The maximum Gasteiger partial charge on any atom is 0.224 e. The average molecular weight is 398 g/mol. The normalized spacial score (nSPS) is 13.3. The van der Waals surface area contributed by atoms with Gasteiger partial charge in [-0.05, 0) is 55.7 Å². The van der Waals surface area contributed by atoms with Crippen molar-refractivity contribution in [3.05, 3.63) is 59.9 Å². The molecule has 2 aromatic carbocycles. The maximum atomic E-state index is 13.5. The summed E-state index contributed by atoms with van der Waals surface area (Å²) in [5.74, 6) is 0.472. The number of anilines is 1. The molecule has 0 saturated heterocycles. The predicted octanol–water partition coefficient (Wildman–Crippen LogP) is 4.43. The topological polar surface area (TPSA) is 79.9 Å². The fraction of sp³-hybridized carbons (Fsp3) is 0.286. The summed E-state index contributed by atoms with van der Waals surface area (Å²) in [4.78, 5) is 16.6. The minimum Gasteiger partial charge on any atom is -0.491 e. The molecule has 29 heavy (non-hydrogen) atoms. The van der Waals surface area contributed by atoms with Crippen LogP contribution in [0.3, 0.4) is 0 Å². The van der Waals surface area contributed by atoms with Crippen molar-refractivity contribution in [1.82, 2.24) is 15.2 Å². The molecule has 1 aromatic heterocycles. The minimum atomic E-state index is -0.759. The van der Waals surface area contributed by atoms with Gasteiger partial charge in [-0.1, -0.05) is 0 Å². The number of amides is 1. The van der Waals surface area contributed by atoms with Crippen LogP contribution in [0, 0.1) is 11.6 Å². The zero-order chi connectivity index (χ0) is 20.2. The quantitative estimate of drug-likeness (QED) is 0.551. The summed E-state index contributed by atoms with van der Waals surface area (Å²) in [7, 11) is 0. The van der Waals surface area contributed by atoms with E-state index in [1.807, 2.05) is 12.1 Å². The molecule has 4 rings (SSSR count). The second-order valence-corrected chi connectivity index (χ2v) is 6.97. The molecule has 1 aliphatic rings. The summed E-state index contributed by atoms with van der Waals surface area (Å²) in [6.45, 7) is 0.156. The number of hydrogen-bond donors (Lipinski definition) is 2. The van der Waals surface area contributed by atoms with Gasteiger partial charge >= 0.3 is 0 Å². The lowest BCUT2D eigenvalue weighted by atomic mass is 10.2. The van der Waals surface area contributed by atoms with Crippen LogP contribution in [-0.4, -0.2) is 27.7 Å². The van der Waals surface area contributed by atoms with Gasteiger partial charge < -0.3 is 10.1 Å². The number of rotatable bonds is 8. The Bertz CT molecular complexity index is 1000. The zero-order valence-electron chi connectivity index (χ0n) is 15.6. The summed E-state index contributed by atoms with van der Waals surface area (Å²) >= 11 is 0. The molecule has 3 aromatic rings. The molecule has 0 spiro atoms. The third-order valence-electron chi connectivity index (χ3n) is 4.59. The molecule has 1 heterocycles. The van der Waals surface area contributed by atoms with E-state index in [2.05, 4.69) is 20.5 Å². The molecule has 1 saturated carbocycles. The van der Waals surface area contributed by atoms with E-state index in [0.717, 1.165) is 36.4 Å². The molecule has 8 heteroatoms. The highest BCUT2D eigenvalue weighted by atomic mass is 19.1. The number of hydrogen-bond acceptors (Lipinski definition) is 4. The highest BCUT2D eigenvalue weighted by Gasteiger charge is 2.27. The molecule has 1 aliphatic carbocycles. The Labute approximate surface area is 166 Å². The van der Waals surface area contributed by atoms with Crippen molar-refractivity contribution in [1.29, 1.82) is 0 Å². The first kappa shape index (κ1) is 19.0. The van der Waals surface area contributed by atoms with Crippen LogP contribution in [0.4, 0.5) is 14.5 Å². The van der Waals surface area contributed by atoms with Gasteiger partial charge in [0, 0.05) is 29.7 Å². The van der Waals surface area contributed by atoms with Gasteiger partial charge in [-0.15, -0.1) is 0 Å². The molecule has 6 nitrogen and oxygen atoms in total. The van der Waals surface area contributed by atoms with Crippen molar-refractivity contribution >= 4 is 11.6 Å². The minimum absolute atomic E-state index is 0.0285. The Balaban J connectivity index is 1.23. The van der Waals surface area contributed by atoms with E-state index in [9.17, 15) is 13.6 Å². The molecule has 0 unspecified atom stereocenters. The number of halogens is 2. The number of nitrogens with zero attached hydrogens (tertiary/aromatic N) is 2. The molecular weight excluding hydrogens is 378 g/mol. The number of ether oxygens (including phenoxy) is 1. The van der Waals surface area contributed by atoms with Crippen molar-refractivity contribution in [2.45, 2.75) is 31.6 Å². The Morgan fingerprint density at radius 1 is 1.17 bits per heavy atom. The lowest BCUT2D eigenvalue weighted by Gasteiger charge is -2.08. The fourth-order valence-corrected chi connectivity index (χ4v) is 2.88. The highest BCUT2D eigenvalue weighted by Crippen LogP contribution is 2.38. The number of carbonyl (C=O) groups is 1. The molecule has 150 valence electrons. The Hall–Kier alpha value is -3.29. The molecule has 0 bridgehead atoms. The van der Waals surface area contributed by atoms with Gasteiger partial charge in [0.1, 0.15) is 11.6 Å². The second kappa shape index (κ2) is 8.38. The Kier molecular flexibility index (Phi) is 5.50. The summed E-state index contributed by atoms with van der Waals surface area (Å²) in [6, 6.07) is 10.4. The first-order valence-corrected chi connectivity index (χ1v) is 9.49. The van der Waals surface area contributed by atoms with E-state index in [4.69, 9.17) is 4.74 Å². The van der Waals surface area contributed by atoms with Crippen LogP contribution >= 0.6 is 0 Å². The molecular formula is C21H20F2N4O2. The highest BCUT2D eigenvalue weighted by molar-refractivity contribution is 5.90. The van der Waals surface area contributed by atoms with Crippen molar-refractivity contribution in [3.8, 4) is 17.1 Å². The summed E-state index contributed by atoms with van der Waals surface area (Å²) < 4.78 is 31.6. The van der Waals surface area contributed by atoms with Crippen LogP contribution in [0.5, 0.6) is 5.75 Å². The Morgan fingerprint density at radius 2 is 1.97 bits per heavy atom. The number of aromatic amines is 1. The number of nitrogens with one attached hydrogen (secondary N) is 2. The molecule has 0 radical (unpaired) electrons. The van der Waals surface area contributed by atoms with Crippen LogP contribution in [0.25, 0.3) is 11.4 Å². The van der Waals surface area contributed by atoms with E-state index >= 15 is 0 Å². The van der Waals surface area contributed by atoms with Crippen LogP contribution < -0.4 is 10.1 Å². The number of carbonyl (C=O) groups excluding carboxylic acids is 1. The van der Waals surface area contributed by atoms with Crippen LogP contribution in [0.2, 0.25) is 0 Å². The van der Waals surface area contributed by atoms with E-state index in [-0.39, 0.29) is 24.7 Å². The second-order valence-electron chi connectivity index (χ2n) is 6.97. The van der Waals surface area contributed by atoms with Gasteiger partial charge in [0.15, 0.2) is 17.4 Å². The van der Waals surface area contributed by atoms with E-state index in [1.165, 1.54) is 6.07 Å². The third kappa shape index (κ3) is 4.96. The standard InChI is InChI=1S/C21H20F2N4O2/c22-15-7-10-18(17(23)12-15)29-11-1-2-19(28)24-16-8-5-14(6-9-16)21-25-20(26-27-21)13-3-4-13/h5-10,12-13H,1-4,11H2,(H,24,28)(H,25,26,27). The SMILES string of the molecule is O=C(CCCOc1ccc(F)cc1F)Nc1ccc(-c2n[nH]c(C3CC3)n2)cc1. The smallest absolute Gasteiger partial charge is 0.224 e. The van der Waals surface area contributed by atoms with Gasteiger partial charge in [0.25, 0.3) is 0 Å². The summed E-state index contributed by atoms with van der Waals surface area (Å²) in [5, 5.41) is 10.0. The van der Waals surface area contributed by atoms with Crippen LogP contribution in [-0.2, 0) is 4.79 Å². The summed E-state index contributed by atoms with van der Waals surface area (Å²) in [6.07, 6.45) is 2.94. The van der Waals surface area contributed by atoms with Gasteiger partial charge in [0.2, 0.25) is 5.91 Å². The van der Waals surface area contributed by atoms with Crippen molar-refractivity contribution in [3.63, 3.8) is 0 Å². The van der Waals surface area contributed by atoms with Gasteiger partial charge in [-0.2, -0.15) is 5.10 Å². The first-order valence-electron chi connectivity index (χ1n) is 9.49. The van der Waals surface area contributed by atoms with Crippen LogP contribution in [0.15, 0.2) is 42.5 Å². The number of aromatic nitrogens is 3. The average Bonchev–Trinajstić information content (AvgIpc) is 3.44. The van der Waals surface area contributed by atoms with Crippen LogP contribution in [0.1, 0.15) is 37.4 Å². The zero-order valence-corrected chi connectivity index (χ0v) is 15.6.